The predicted octanol–water partition coefficient (Wildman–Crippen LogP) is 2.71. The summed E-state index contributed by atoms with van der Waals surface area (Å²) in [6, 6.07) is 16.9. The molecule has 2 N–H and O–H groups in total. The maximum absolute atomic E-state index is 5.47. The predicted molar refractivity (Wildman–Crippen MR) is 101 cm³/mol. The Morgan fingerprint density at radius 3 is 2.80 bits per heavy atom. The van der Waals surface area contributed by atoms with E-state index in [1.807, 2.05) is 18.2 Å². The second-order valence-electron chi connectivity index (χ2n) is 6.85. The van der Waals surface area contributed by atoms with Crippen LogP contribution in [0.1, 0.15) is 23.1 Å². The van der Waals surface area contributed by atoms with Crippen molar-refractivity contribution in [3.8, 4) is 5.75 Å². The average Bonchev–Trinajstić information content (AvgIpc) is 2.67. The summed E-state index contributed by atoms with van der Waals surface area (Å²) in [6.45, 7) is 2.51. The lowest BCUT2D eigenvalue weighted by Crippen LogP contribution is -2.62. The number of benzene rings is 2. The molecule has 2 aromatic carbocycles. The van der Waals surface area contributed by atoms with E-state index in [0.717, 1.165) is 56.0 Å². The van der Waals surface area contributed by atoms with Gasteiger partial charge in [-0.2, -0.15) is 0 Å². The highest BCUT2D eigenvalue weighted by molar-refractivity contribution is 5.93. The molecule has 2 aromatic rings. The van der Waals surface area contributed by atoms with Gasteiger partial charge in [-0.3, -0.25) is 4.99 Å². The minimum absolute atomic E-state index is 0.0609. The highest BCUT2D eigenvalue weighted by atomic mass is 16.5. The summed E-state index contributed by atoms with van der Waals surface area (Å²) in [5, 5.41) is 7.38. The molecule has 1 spiro atoms. The number of fused-ring (bicyclic) bond motifs is 1. The van der Waals surface area contributed by atoms with Crippen LogP contribution in [0.15, 0.2) is 53.5 Å². The molecule has 2 aliphatic rings. The first kappa shape index (κ1) is 16.2. The first-order chi connectivity index (χ1) is 12.3. The molecule has 0 saturated carbocycles. The van der Waals surface area contributed by atoms with Gasteiger partial charge >= 0.3 is 0 Å². The van der Waals surface area contributed by atoms with E-state index in [-0.39, 0.29) is 5.54 Å². The van der Waals surface area contributed by atoms with Gasteiger partial charge in [0.2, 0.25) is 0 Å². The number of para-hydroxylation sites is 1. The van der Waals surface area contributed by atoms with Crippen molar-refractivity contribution in [2.45, 2.75) is 31.3 Å². The lowest BCUT2D eigenvalue weighted by molar-refractivity contribution is 0.362. The van der Waals surface area contributed by atoms with Gasteiger partial charge in [-0.1, -0.05) is 42.5 Å². The minimum atomic E-state index is -0.0609. The Bertz CT molecular complexity index is 786. The second-order valence-corrected chi connectivity index (χ2v) is 6.85. The van der Waals surface area contributed by atoms with Crippen LogP contribution >= 0.6 is 0 Å². The number of ether oxygens (including phenoxy) is 1. The maximum atomic E-state index is 5.47. The fraction of sp³-hybridized carbons (Fsp3) is 0.381. The van der Waals surface area contributed by atoms with Crippen molar-refractivity contribution in [2.24, 2.45) is 4.99 Å². The van der Waals surface area contributed by atoms with E-state index in [4.69, 9.17) is 9.73 Å². The van der Waals surface area contributed by atoms with Crippen LogP contribution in [0.3, 0.4) is 0 Å². The molecule has 1 atom stereocenters. The normalized spacial score (nSPS) is 22.2. The molecule has 1 aliphatic carbocycles. The van der Waals surface area contributed by atoms with Crippen molar-refractivity contribution in [3.05, 3.63) is 65.2 Å². The van der Waals surface area contributed by atoms with Crippen molar-refractivity contribution < 1.29 is 4.74 Å². The van der Waals surface area contributed by atoms with Crippen LogP contribution in [0, 0.1) is 0 Å². The molecule has 4 heteroatoms. The molecule has 4 rings (SSSR count). The third-order valence-corrected chi connectivity index (χ3v) is 5.37. The van der Waals surface area contributed by atoms with Gasteiger partial charge in [-0.15, -0.1) is 0 Å². The fourth-order valence-corrected chi connectivity index (χ4v) is 4.04. The van der Waals surface area contributed by atoms with Crippen LogP contribution in [-0.4, -0.2) is 31.6 Å². The summed E-state index contributed by atoms with van der Waals surface area (Å²) in [6.07, 6.45) is 3.18. The Morgan fingerprint density at radius 1 is 1.12 bits per heavy atom. The molecule has 0 aromatic heterocycles. The van der Waals surface area contributed by atoms with Gasteiger partial charge in [0.05, 0.1) is 19.2 Å². The summed E-state index contributed by atoms with van der Waals surface area (Å²) in [7, 11) is 1.72. The van der Waals surface area contributed by atoms with Crippen LogP contribution in [0.2, 0.25) is 0 Å². The van der Waals surface area contributed by atoms with Gasteiger partial charge in [0.1, 0.15) is 11.6 Å². The SMILES string of the molecule is COc1ccccc1CNC1=NCCNC12CCc1ccccc1C2. The standard InChI is InChI=1S/C21H25N3O/c1-25-19-9-5-4-8-18(19)15-23-20-21(24-13-12-22-20)11-10-16-6-2-3-7-17(16)14-21/h2-9,24H,10-15H2,1H3,(H,22,23). The van der Waals surface area contributed by atoms with E-state index in [0.29, 0.717) is 0 Å². The summed E-state index contributed by atoms with van der Waals surface area (Å²) >= 11 is 0. The van der Waals surface area contributed by atoms with Gasteiger partial charge < -0.3 is 15.4 Å². The van der Waals surface area contributed by atoms with E-state index in [2.05, 4.69) is 41.0 Å². The summed E-state index contributed by atoms with van der Waals surface area (Å²) < 4.78 is 5.47. The van der Waals surface area contributed by atoms with E-state index in [9.17, 15) is 0 Å². The first-order valence-electron chi connectivity index (χ1n) is 9.03. The molecule has 130 valence electrons. The third kappa shape index (κ3) is 3.14. The number of methoxy groups -OCH3 is 1. The van der Waals surface area contributed by atoms with Gasteiger partial charge in [0, 0.05) is 18.7 Å². The zero-order chi connectivity index (χ0) is 17.1. The topological polar surface area (TPSA) is 45.6 Å². The number of nitrogens with one attached hydrogen (secondary N) is 2. The molecule has 1 unspecified atom stereocenters. The number of aliphatic imine (C=N–C) groups is 1. The number of amidine groups is 1. The molecule has 0 bridgehead atoms. The molecule has 4 nitrogen and oxygen atoms in total. The van der Waals surface area contributed by atoms with Crippen LogP contribution < -0.4 is 15.4 Å². The second kappa shape index (κ2) is 6.89. The van der Waals surface area contributed by atoms with Crippen LogP contribution in [0.4, 0.5) is 0 Å². The maximum Gasteiger partial charge on any atom is 0.123 e. The Kier molecular flexibility index (Phi) is 4.45. The smallest absolute Gasteiger partial charge is 0.123 e. The van der Waals surface area contributed by atoms with Crippen LogP contribution in [-0.2, 0) is 19.4 Å². The summed E-state index contributed by atoms with van der Waals surface area (Å²) in [5.41, 5.74) is 4.01. The van der Waals surface area contributed by atoms with E-state index in [1.165, 1.54) is 11.1 Å². The largest absolute Gasteiger partial charge is 0.496 e. The number of nitrogens with zero attached hydrogens (tertiary/aromatic N) is 1. The molecular formula is C21H25N3O. The fourth-order valence-electron chi connectivity index (χ4n) is 4.04. The Morgan fingerprint density at radius 2 is 1.92 bits per heavy atom. The molecule has 0 fully saturated rings. The summed E-state index contributed by atoms with van der Waals surface area (Å²) in [4.78, 5) is 4.85. The number of aryl methyl sites for hydroxylation is 1. The number of hydrogen-bond acceptors (Lipinski definition) is 4. The molecule has 1 aliphatic heterocycles. The van der Waals surface area contributed by atoms with Gasteiger partial charge in [0.15, 0.2) is 0 Å². The molecule has 1 heterocycles. The number of rotatable bonds is 3. The van der Waals surface area contributed by atoms with Crippen molar-refractivity contribution in [1.29, 1.82) is 0 Å². The van der Waals surface area contributed by atoms with Crippen molar-refractivity contribution in [3.63, 3.8) is 0 Å². The monoisotopic (exact) mass is 335 g/mol. The Labute approximate surface area is 149 Å². The molecule has 0 saturated heterocycles. The van der Waals surface area contributed by atoms with Crippen molar-refractivity contribution in [1.82, 2.24) is 10.6 Å². The zero-order valence-corrected chi connectivity index (χ0v) is 14.7. The average molecular weight is 335 g/mol. The lowest BCUT2D eigenvalue weighted by atomic mass is 9.76. The van der Waals surface area contributed by atoms with E-state index < -0.39 is 0 Å². The molecule has 0 radical (unpaired) electrons. The summed E-state index contributed by atoms with van der Waals surface area (Å²) in [5.74, 6) is 2.02. The lowest BCUT2D eigenvalue weighted by Gasteiger charge is -2.42. The highest BCUT2D eigenvalue weighted by Crippen LogP contribution is 2.31. The number of hydrogen-bond donors (Lipinski definition) is 2. The molecule has 0 amide bonds. The highest BCUT2D eigenvalue weighted by Gasteiger charge is 2.40. The van der Waals surface area contributed by atoms with Gasteiger partial charge in [-0.25, -0.2) is 0 Å². The molecule has 25 heavy (non-hydrogen) atoms. The Hall–Kier alpha value is -2.33. The minimum Gasteiger partial charge on any atom is -0.496 e. The van der Waals surface area contributed by atoms with E-state index >= 15 is 0 Å². The van der Waals surface area contributed by atoms with E-state index in [1.54, 1.807) is 7.11 Å². The Balaban J connectivity index is 1.55. The quantitative estimate of drug-likeness (QED) is 0.907. The zero-order valence-electron chi connectivity index (χ0n) is 14.7. The van der Waals surface area contributed by atoms with Gasteiger partial charge in [-0.05, 0) is 36.5 Å². The van der Waals surface area contributed by atoms with Crippen LogP contribution in [0.25, 0.3) is 0 Å². The molecular weight excluding hydrogens is 310 g/mol. The first-order valence-corrected chi connectivity index (χ1v) is 9.03. The van der Waals surface area contributed by atoms with Crippen molar-refractivity contribution in [2.75, 3.05) is 20.2 Å². The van der Waals surface area contributed by atoms with Crippen molar-refractivity contribution >= 4 is 5.84 Å². The third-order valence-electron chi connectivity index (χ3n) is 5.37. The van der Waals surface area contributed by atoms with Crippen LogP contribution in [0.5, 0.6) is 5.75 Å². The van der Waals surface area contributed by atoms with Gasteiger partial charge in [0.25, 0.3) is 0 Å².